The molecule has 1 aromatic heterocycles. The first kappa shape index (κ1) is 13.6. The van der Waals surface area contributed by atoms with E-state index in [1.807, 2.05) is 37.3 Å². The minimum atomic E-state index is 0.652. The molecule has 5 heteroatoms. The number of nitrogens with zero attached hydrogens (tertiary/aromatic N) is 2. The van der Waals surface area contributed by atoms with Crippen molar-refractivity contribution < 1.29 is 0 Å². The van der Waals surface area contributed by atoms with Crippen LogP contribution < -0.4 is 10.6 Å². The van der Waals surface area contributed by atoms with Crippen LogP contribution in [0.4, 0.5) is 11.8 Å². The minimum absolute atomic E-state index is 0.652. The molecule has 2 rings (SSSR count). The molecule has 0 radical (unpaired) electrons. The van der Waals surface area contributed by atoms with Crippen LogP contribution >= 0.6 is 11.6 Å². The van der Waals surface area contributed by atoms with E-state index in [1.165, 1.54) is 5.56 Å². The number of rotatable bonds is 6. The maximum absolute atomic E-state index is 5.85. The quantitative estimate of drug-likeness (QED) is 0.851. The van der Waals surface area contributed by atoms with Gasteiger partial charge in [-0.1, -0.05) is 23.7 Å². The summed E-state index contributed by atoms with van der Waals surface area (Å²) < 4.78 is 0. The summed E-state index contributed by atoms with van der Waals surface area (Å²) in [5, 5.41) is 7.13. The van der Waals surface area contributed by atoms with Gasteiger partial charge in [-0.2, -0.15) is 4.98 Å². The van der Waals surface area contributed by atoms with Crippen molar-refractivity contribution in [1.82, 2.24) is 9.97 Å². The summed E-state index contributed by atoms with van der Waals surface area (Å²) in [4.78, 5) is 8.48. The van der Waals surface area contributed by atoms with Crippen LogP contribution in [0.25, 0.3) is 0 Å². The van der Waals surface area contributed by atoms with Gasteiger partial charge in [-0.3, -0.25) is 0 Å². The molecule has 100 valence electrons. The average molecular weight is 277 g/mol. The first-order valence-electron chi connectivity index (χ1n) is 6.33. The third-order valence-electron chi connectivity index (χ3n) is 2.62. The summed E-state index contributed by atoms with van der Waals surface area (Å²) in [5.41, 5.74) is 1.25. The molecule has 0 saturated heterocycles. The molecule has 0 spiro atoms. The molecule has 0 fully saturated rings. The van der Waals surface area contributed by atoms with Crippen molar-refractivity contribution in [2.45, 2.75) is 13.3 Å². The first-order chi connectivity index (χ1) is 9.28. The first-order valence-corrected chi connectivity index (χ1v) is 6.71. The highest BCUT2D eigenvalue weighted by Gasteiger charge is 1.98. The highest BCUT2D eigenvalue weighted by Crippen LogP contribution is 2.10. The van der Waals surface area contributed by atoms with E-state index in [9.17, 15) is 0 Å². The fourth-order valence-corrected chi connectivity index (χ4v) is 1.81. The summed E-state index contributed by atoms with van der Waals surface area (Å²) in [5.74, 6) is 1.49. The van der Waals surface area contributed by atoms with Crippen LogP contribution in [0.5, 0.6) is 0 Å². The van der Waals surface area contributed by atoms with E-state index in [2.05, 4.69) is 20.6 Å². The lowest BCUT2D eigenvalue weighted by Gasteiger charge is -2.07. The van der Waals surface area contributed by atoms with Gasteiger partial charge < -0.3 is 10.6 Å². The van der Waals surface area contributed by atoms with E-state index in [0.29, 0.717) is 5.95 Å². The standard InChI is InChI=1S/C14H17ClN4/c1-2-16-14-18-10-8-13(19-14)17-9-7-11-3-5-12(15)6-4-11/h3-6,8,10H,2,7,9H2,1H3,(H2,16,17,18,19). The predicted octanol–water partition coefficient (Wildman–Crippen LogP) is 3.22. The monoisotopic (exact) mass is 276 g/mol. The fourth-order valence-electron chi connectivity index (χ4n) is 1.69. The van der Waals surface area contributed by atoms with Gasteiger partial charge in [0.2, 0.25) is 5.95 Å². The van der Waals surface area contributed by atoms with Gasteiger partial charge in [-0.25, -0.2) is 4.98 Å². The number of anilines is 2. The van der Waals surface area contributed by atoms with Gasteiger partial charge in [0.1, 0.15) is 5.82 Å². The van der Waals surface area contributed by atoms with Crippen LogP contribution in [0.1, 0.15) is 12.5 Å². The summed E-state index contributed by atoms with van der Waals surface area (Å²) in [6.45, 7) is 3.66. The van der Waals surface area contributed by atoms with Gasteiger partial charge in [-0.15, -0.1) is 0 Å². The van der Waals surface area contributed by atoms with Gasteiger partial charge in [0.05, 0.1) is 0 Å². The molecule has 0 aliphatic rings. The second-order valence-electron chi connectivity index (χ2n) is 4.10. The summed E-state index contributed by atoms with van der Waals surface area (Å²) >= 11 is 5.85. The molecule has 19 heavy (non-hydrogen) atoms. The summed E-state index contributed by atoms with van der Waals surface area (Å²) in [6.07, 6.45) is 2.67. The van der Waals surface area contributed by atoms with E-state index in [-0.39, 0.29) is 0 Å². The lowest BCUT2D eigenvalue weighted by molar-refractivity contribution is 0.995. The Labute approximate surface area is 118 Å². The lowest BCUT2D eigenvalue weighted by atomic mass is 10.1. The molecule has 4 nitrogen and oxygen atoms in total. The predicted molar refractivity (Wildman–Crippen MR) is 79.8 cm³/mol. The van der Waals surface area contributed by atoms with E-state index in [4.69, 9.17) is 11.6 Å². The van der Waals surface area contributed by atoms with E-state index in [0.717, 1.165) is 30.4 Å². The van der Waals surface area contributed by atoms with E-state index >= 15 is 0 Å². The van der Waals surface area contributed by atoms with Crippen LogP contribution in [0.2, 0.25) is 5.02 Å². The molecule has 2 aromatic rings. The molecular formula is C14H17ClN4. The zero-order valence-corrected chi connectivity index (χ0v) is 11.6. The molecule has 1 aromatic carbocycles. The highest BCUT2D eigenvalue weighted by atomic mass is 35.5. The van der Waals surface area contributed by atoms with Crippen LogP contribution in [0, 0.1) is 0 Å². The molecule has 0 bridgehead atoms. The zero-order valence-electron chi connectivity index (χ0n) is 10.9. The van der Waals surface area contributed by atoms with Crippen molar-refractivity contribution in [3.8, 4) is 0 Å². The number of hydrogen-bond acceptors (Lipinski definition) is 4. The fraction of sp³-hybridized carbons (Fsp3) is 0.286. The molecule has 2 N–H and O–H groups in total. The van der Waals surface area contributed by atoms with E-state index in [1.54, 1.807) is 6.20 Å². The molecule has 0 atom stereocenters. The number of nitrogens with one attached hydrogen (secondary N) is 2. The third kappa shape index (κ3) is 4.41. The molecule has 0 saturated carbocycles. The normalized spacial score (nSPS) is 10.2. The minimum Gasteiger partial charge on any atom is -0.370 e. The smallest absolute Gasteiger partial charge is 0.224 e. The second-order valence-corrected chi connectivity index (χ2v) is 4.54. The lowest BCUT2D eigenvalue weighted by Crippen LogP contribution is -2.08. The Morgan fingerprint density at radius 1 is 1.11 bits per heavy atom. The highest BCUT2D eigenvalue weighted by molar-refractivity contribution is 6.30. The van der Waals surface area contributed by atoms with Crippen LogP contribution in [0.3, 0.4) is 0 Å². The Hall–Kier alpha value is -1.81. The van der Waals surface area contributed by atoms with Crippen LogP contribution in [-0.4, -0.2) is 23.1 Å². The topological polar surface area (TPSA) is 49.8 Å². The molecule has 1 heterocycles. The third-order valence-corrected chi connectivity index (χ3v) is 2.88. The molecule has 0 amide bonds. The molecular weight excluding hydrogens is 260 g/mol. The summed E-state index contributed by atoms with van der Waals surface area (Å²) in [7, 11) is 0. The van der Waals surface area contributed by atoms with Crippen molar-refractivity contribution in [2.24, 2.45) is 0 Å². The van der Waals surface area contributed by atoms with Crippen molar-refractivity contribution in [3.05, 3.63) is 47.1 Å². The van der Waals surface area contributed by atoms with Crippen molar-refractivity contribution in [3.63, 3.8) is 0 Å². The average Bonchev–Trinajstić information content (AvgIpc) is 2.42. The Bertz CT molecular complexity index is 513. The Morgan fingerprint density at radius 2 is 1.89 bits per heavy atom. The number of halogens is 1. The number of hydrogen-bond donors (Lipinski definition) is 2. The zero-order chi connectivity index (χ0) is 13.5. The van der Waals surface area contributed by atoms with Crippen molar-refractivity contribution in [2.75, 3.05) is 23.7 Å². The van der Waals surface area contributed by atoms with Gasteiger partial charge in [0.15, 0.2) is 0 Å². The SMILES string of the molecule is CCNc1nccc(NCCc2ccc(Cl)cc2)n1. The summed E-state index contributed by atoms with van der Waals surface area (Å²) in [6, 6.07) is 9.75. The Balaban J connectivity index is 1.85. The van der Waals surface area contributed by atoms with Gasteiger partial charge >= 0.3 is 0 Å². The van der Waals surface area contributed by atoms with E-state index < -0.39 is 0 Å². The number of benzene rings is 1. The van der Waals surface area contributed by atoms with Crippen LogP contribution in [0.15, 0.2) is 36.5 Å². The maximum Gasteiger partial charge on any atom is 0.224 e. The maximum atomic E-state index is 5.85. The molecule has 0 aliphatic carbocycles. The Kier molecular flexibility index (Phi) is 4.98. The Morgan fingerprint density at radius 3 is 2.63 bits per heavy atom. The second kappa shape index (κ2) is 6.95. The van der Waals surface area contributed by atoms with Gasteiger partial charge in [0, 0.05) is 24.3 Å². The largest absolute Gasteiger partial charge is 0.370 e. The van der Waals surface area contributed by atoms with Crippen molar-refractivity contribution in [1.29, 1.82) is 0 Å². The van der Waals surface area contributed by atoms with Gasteiger partial charge in [-0.05, 0) is 37.1 Å². The van der Waals surface area contributed by atoms with Gasteiger partial charge in [0.25, 0.3) is 0 Å². The van der Waals surface area contributed by atoms with Crippen LogP contribution in [-0.2, 0) is 6.42 Å². The number of aromatic nitrogens is 2. The molecule has 0 aliphatic heterocycles. The van der Waals surface area contributed by atoms with Crippen molar-refractivity contribution >= 4 is 23.4 Å². The molecule has 0 unspecified atom stereocenters.